The molecule has 0 amide bonds. The van der Waals surface area contributed by atoms with Gasteiger partial charge in [0.25, 0.3) is 0 Å². The Morgan fingerprint density at radius 2 is 2.18 bits per heavy atom. The van der Waals surface area contributed by atoms with E-state index >= 15 is 0 Å². The van der Waals surface area contributed by atoms with Gasteiger partial charge in [-0.1, -0.05) is 12.5 Å². The van der Waals surface area contributed by atoms with Gasteiger partial charge >= 0.3 is 0 Å². The quantitative estimate of drug-likeness (QED) is 0.750. The SMILES string of the molecule is COc1ccc2c(c1)SCC1=C2CC[C@]2(C)C(=O)CCC[C@H]12. The second-order valence-electron chi connectivity index (χ2n) is 6.94. The largest absolute Gasteiger partial charge is 0.497 e. The lowest BCUT2D eigenvalue weighted by molar-refractivity contribution is -0.133. The van der Waals surface area contributed by atoms with Crippen LogP contribution in [0.5, 0.6) is 5.75 Å². The van der Waals surface area contributed by atoms with Gasteiger partial charge in [0.15, 0.2) is 0 Å². The number of fused-ring (bicyclic) bond motifs is 4. The van der Waals surface area contributed by atoms with E-state index < -0.39 is 0 Å². The first-order chi connectivity index (χ1) is 10.6. The second kappa shape index (κ2) is 5.16. The van der Waals surface area contributed by atoms with Gasteiger partial charge in [0.2, 0.25) is 0 Å². The maximum Gasteiger partial charge on any atom is 0.139 e. The second-order valence-corrected chi connectivity index (χ2v) is 7.96. The van der Waals surface area contributed by atoms with Crippen LogP contribution < -0.4 is 4.74 Å². The molecule has 4 rings (SSSR count). The number of rotatable bonds is 1. The van der Waals surface area contributed by atoms with E-state index in [0.29, 0.717) is 11.7 Å². The molecule has 0 radical (unpaired) electrons. The van der Waals surface area contributed by atoms with Crippen molar-refractivity contribution in [3.05, 3.63) is 29.3 Å². The molecule has 1 aromatic rings. The minimum atomic E-state index is -0.0956. The van der Waals surface area contributed by atoms with E-state index in [1.165, 1.54) is 22.5 Å². The Labute approximate surface area is 136 Å². The number of methoxy groups -OCH3 is 1. The van der Waals surface area contributed by atoms with Crippen LogP contribution in [0.15, 0.2) is 28.7 Å². The highest BCUT2D eigenvalue weighted by molar-refractivity contribution is 7.99. The van der Waals surface area contributed by atoms with Gasteiger partial charge in [-0.15, -0.1) is 11.8 Å². The Balaban J connectivity index is 1.80. The van der Waals surface area contributed by atoms with Crippen molar-refractivity contribution in [2.45, 2.75) is 43.9 Å². The summed E-state index contributed by atoms with van der Waals surface area (Å²) in [6.07, 6.45) is 5.11. The fourth-order valence-electron chi connectivity index (χ4n) is 4.54. The molecule has 0 aromatic heterocycles. The predicted molar refractivity (Wildman–Crippen MR) is 90.3 cm³/mol. The first kappa shape index (κ1) is 14.4. The van der Waals surface area contributed by atoms with Crippen molar-refractivity contribution in [1.29, 1.82) is 0 Å². The number of Topliss-reactive ketones (excluding diaryl/α,β-unsaturated/α-hetero) is 1. The van der Waals surface area contributed by atoms with E-state index in [2.05, 4.69) is 25.1 Å². The molecule has 1 heterocycles. The molecule has 1 aromatic carbocycles. The van der Waals surface area contributed by atoms with E-state index in [-0.39, 0.29) is 5.41 Å². The zero-order chi connectivity index (χ0) is 15.3. The first-order valence-corrected chi connectivity index (χ1v) is 9.18. The molecule has 0 bridgehead atoms. The molecule has 1 saturated carbocycles. The number of allylic oxidation sites excluding steroid dienone is 1. The highest BCUT2D eigenvalue weighted by Gasteiger charge is 2.48. The van der Waals surface area contributed by atoms with Crippen LogP contribution in [0.2, 0.25) is 0 Å². The van der Waals surface area contributed by atoms with Gasteiger partial charge in [0.1, 0.15) is 11.5 Å². The summed E-state index contributed by atoms with van der Waals surface area (Å²) in [4.78, 5) is 13.8. The molecular formula is C19H22O2S. The molecule has 2 nitrogen and oxygen atoms in total. The molecule has 2 aliphatic carbocycles. The minimum Gasteiger partial charge on any atom is -0.497 e. The summed E-state index contributed by atoms with van der Waals surface area (Å²) in [6.45, 7) is 2.22. The Bertz CT molecular complexity index is 676. The van der Waals surface area contributed by atoms with Crippen LogP contribution in [-0.2, 0) is 4.79 Å². The van der Waals surface area contributed by atoms with Crippen molar-refractivity contribution in [2.75, 3.05) is 12.9 Å². The lowest BCUT2D eigenvalue weighted by Crippen LogP contribution is -2.43. The van der Waals surface area contributed by atoms with Gasteiger partial charge < -0.3 is 4.74 Å². The lowest BCUT2D eigenvalue weighted by Gasteiger charge is -2.47. The van der Waals surface area contributed by atoms with E-state index in [0.717, 1.165) is 37.2 Å². The Hall–Kier alpha value is -1.22. The van der Waals surface area contributed by atoms with Gasteiger partial charge in [-0.25, -0.2) is 0 Å². The number of ether oxygens (including phenoxy) is 1. The summed E-state index contributed by atoms with van der Waals surface area (Å²) in [7, 11) is 1.72. The molecule has 1 fully saturated rings. The lowest BCUT2D eigenvalue weighted by atomic mass is 9.58. The van der Waals surface area contributed by atoms with Crippen molar-refractivity contribution in [3.8, 4) is 5.75 Å². The third kappa shape index (κ3) is 1.98. The molecule has 1 aliphatic heterocycles. The van der Waals surface area contributed by atoms with Gasteiger partial charge in [0.05, 0.1) is 7.11 Å². The van der Waals surface area contributed by atoms with Crippen molar-refractivity contribution < 1.29 is 9.53 Å². The van der Waals surface area contributed by atoms with Gasteiger partial charge in [-0.2, -0.15) is 0 Å². The molecule has 3 heteroatoms. The number of hydrogen-bond acceptors (Lipinski definition) is 3. The first-order valence-electron chi connectivity index (χ1n) is 8.20. The smallest absolute Gasteiger partial charge is 0.139 e. The molecule has 0 spiro atoms. The van der Waals surface area contributed by atoms with Crippen LogP contribution in [-0.4, -0.2) is 18.6 Å². The van der Waals surface area contributed by atoms with Crippen molar-refractivity contribution in [2.24, 2.45) is 11.3 Å². The monoisotopic (exact) mass is 314 g/mol. The number of hydrogen-bond donors (Lipinski definition) is 0. The van der Waals surface area contributed by atoms with Crippen LogP contribution in [0, 0.1) is 11.3 Å². The fourth-order valence-corrected chi connectivity index (χ4v) is 5.78. The molecule has 116 valence electrons. The van der Waals surface area contributed by atoms with Crippen LogP contribution in [0.3, 0.4) is 0 Å². The average Bonchev–Trinajstić information content (AvgIpc) is 2.55. The summed E-state index contributed by atoms with van der Waals surface area (Å²) in [5.74, 6) is 2.95. The predicted octanol–water partition coefficient (Wildman–Crippen LogP) is 4.72. The van der Waals surface area contributed by atoms with Gasteiger partial charge in [-0.05, 0) is 60.9 Å². The number of thioether (sulfide) groups is 1. The van der Waals surface area contributed by atoms with E-state index in [9.17, 15) is 4.79 Å². The molecule has 0 unspecified atom stereocenters. The number of ketones is 1. The third-order valence-corrected chi connectivity index (χ3v) is 7.01. The van der Waals surface area contributed by atoms with Crippen LogP contribution >= 0.6 is 11.8 Å². The van der Waals surface area contributed by atoms with Crippen molar-refractivity contribution >= 4 is 23.1 Å². The standard InChI is InChI=1S/C19H22O2S/c1-19-9-8-13-14-7-6-12(21-2)10-17(14)22-11-15(13)16(19)4-3-5-18(19)20/h6-7,10,16H,3-5,8-9,11H2,1-2H3/t16-,19+/m1/s1. The van der Waals surface area contributed by atoms with Crippen LogP contribution in [0.25, 0.3) is 5.57 Å². The van der Waals surface area contributed by atoms with Crippen molar-refractivity contribution in [3.63, 3.8) is 0 Å². The van der Waals surface area contributed by atoms with Crippen LogP contribution in [0.1, 0.15) is 44.6 Å². The summed E-state index contributed by atoms with van der Waals surface area (Å²) >= 11 is 1.91. The fraction of sp³-hybridized carbons (Fsp3) is 0.526. The Morgan fingerprint density at radius 1 is 1.32 bits per heavy atom. The summed E-state index contributed by atoms with van der Waals surface area (Å²) in [5.41, 5.74) is 4.37. The highest BCUT2D eigenvalue weighted by Crippen LogP contribution is 2.56. The zero-order valence-corrected chi connectivity index (χ0v) is 14.1. The van der Waals surface area contributed by atoms with Crippen molar-refractivity contribution in [1.82, 2.24) is 0 Å². The summed E-state index contributed by atoms with van der Waals surface area (Å²) in [5, 5.41) is 0. The molecule has 22 heavy (non-hydrogen) atoms. The van der Waals surface area contributed by atoms with Gasteiger partial charge in [0, 0.05) is 22.5 Å². The number of benzene rings is 1. The normalized spacial score (nSPS) is 30.5. The number of carbonyl (C=O) groups is 1. The highest BCUT2D eigenvalue weighted by atomic mass is 32.2. The van der Waals surface area contributed by atoms with E-state index in [4.69, 9.17) is 4.74 Å². The van der Waals surface area contributed by atoms with Gasteiger partial charge in [-0.3, -0.25) is 4.79 Å². The van der Waals surface area contributed by atoms with E-state index in [1.54, 1.807) is 12.7 Å². The zero-order valence-electron chi connectivity index (χ0n) is 13.3. The molecule has 0 N–H and O–H groups in total. The number of carbonyl (C=O) groups excluding carboxylic acids is 1. The minimum absolute atomic E-state index is 0.0956. The summed E-state index contributed by atoms with van der Waals surface area (Å²) in [6, 6.07) is 6.43. The topological polar surface area (TPSA) is 26.3 Å². The Kier molecular flexibility index (Phi) is 3.37. The maximum atomic E-state index is 12.5. The van der Waals surface area contributed by atoms with Crippen LogP contribution in [0.4, 0.5) is 0 Å². The third-order valence-electron chi connectivity index (χ3n) is 5.90. The molecule has 3 aliphatic rings. The molecule has 2 atom stereocenters. The average molecular weight is 314 g/mol. The molecular weight excluding hydrogens is 292 g/mol. The van der Waals surface area contributed by atoms with E-state index in [1.807, 2.05) is 11.8 Å². The molecule has 0 saturated heterocycles. The Morgan fingerprint density at radius 3 is 3.00 bits per heavy atom. The summed E-state index contributed by atoms with van der Waals surface area (Å²) < 4.78 is 5.36. The maximum absolute atomic E-state index is 12.5.